The molecule has 0 bridgehead atoms. The number of hydrogen-bond donors (Lipinski definition) is 0. The molecule has 0 amide bonds. The normalized spacial score (nSPS) is 10.6. The molecule has 0 saturated carbocycles. The van der Waals surface area contributed by atoms with Crippen LogP contribution in [0.5, 0.6) is 11.5 Å². The van der Waals surface area contributed by atoms with E-state index in [4.69, 9.17) is 9.47 Å². The number of methoxy groups -OCH3 is 2. The maximum absolute atomic E-state index is 12.6. The van der Waals surface area contributed by atoms with Crippen molar-refractivity contribution in [3.8, 4) is 45.5 Å². The SMILES string of the molecule is CCc1cc(-c2cc(=O)n(C)cc2-c2cnn(-c3ccccc3C#N)c2)cc(OC)c1OC. The van der Waals surface area contributed by atoms with Gasteiger partial charge in [-0.25, -0.2) is 4.68 Å². The van der Waals surface area contributed by atoms with Gasteiger partial charge in [-0.1, -0.05) is 19.1 Å². The Balaban J connectivity index is 1.92. The molecule has 0 aliphatic heterocycles. The van der Waals surface area contributed by atoms with Crippen LogP contribution in [0.1, 0.15) is 18.1 Å². The second kappa shape index (κ2) is 9.05. The number of hydrogen-bond acceptors (Lipinski definition) is 5. The maximum atomic E-state index is 12.6. The summed E-state index contributed by atoms with van der Waals surface area (Å²) in [7, 11) is 4.94. The molecule has 33 heavy (non-hydrogen) atoms. The Morgan fingerprint density at radius 1 is 1.03 bits per heavy atom. The van der Waals surface area contributed by atoms with Gasteiger partial charge in [0, 0.05) is 36.6 Å². The first-order chi connectivity index (χ1) is 16.0. The lowest BCUT2D eigenvalue weighted by Crippen LogP contribution is -2.15. The molecule has 0 spiro atoms. The first-order valence-corrected chi connectivity index (χ1v) is 10.5. The van der Waals surface area contributed by atoms with E-state index in [0.717, 1.165) is 34.2 Å². The number of aromatic nitrogens is 3. The van der Waals surface area contributed by atoms with E-state index < -0.39 is 0 Å². The standard InChI is InChI=1S/C26H24N4O3/c1-5-17-10-19(11-24(32-3)26(17)33-4)21-12-25(31)29(2)16-22(21)20-14-28-30(15-20)23-9-7-6-8-18(23)13-27/h6-12,14-16H,5H2,1-4H3. The molecular weight excluding hydrogens is 416 g/mol. The Morgan fingerprint density at radius 2 is 1.82 bits per heavy atom. The predicted molar refractivity (Wildman–Crippen MR) is 127 cm³/mol. The second-order valence-electron chi connectivity index (χ2n) is 7.58. The smallest absolute Gasteiger partial charge is 0.250 e. The van der Waals surface area contributed by atoms with Gasteiger partial charge in [0.15, 0.2) is 11.5 Å². The van der Waals surface area contributed by atoms with Crippen molar-refractivity contribution < 1.29 is 9.47 Å². The fourth-order valence-corrected chi connectivity index (χ4v) is 3.92. The number of nitriles is 1. The van der Waals surface area contributed by atoms with Crippen molar-refractivity contribution in [1.82, 2.24) is 14.3 Å². The zero-order valence-corrected chi connectivity index (χ0v) is 19.0. The van der Waals surface area contributed by atoms with E-state index in [1.165, 1.54) is 0 Å². The lowest BCUT2D eigenvalue weighted by atomic mass is 9.95. The molecule has 7 nitrogen and oxygen atoms in total. The van der Waals surface area contributed by atoms with Gasteiger partial charge in [-0.05, 0) is 47.4 Å². The minimum atomic E-state index is -0.121. The average Bonchev–Trinajstić information content (AvgIpc) is 3.34. The van der Waals surface area contributed by atoms with Gasteiger partial charge >= 0.3 is 0 Å². The summed E-state index contributed by atoms with van der Waals surface area (Å²) < 4.78 is 14.3. The summed E-state index contributed by atoms with van der Waals surface area (Å²) in [5, 5.41) is 13.9. The number of para-hydroxylation sites is 1. The largest absolute Gasteiger partial charge is 0.493 e. The maximum Gasteiger partial charge on any atom is 0.250 e. The van der Waals surface area contributed by atoms with Crippen LogP contribution in [0, 0.1) is 11.3 Å². The van der Waals surface area contributed by atoms with E-state index in [2.05, 4.69) is 11.2 Å². The van der Waals surface area contributed by atoms with Gasteiger partial charge in [0.25, 0.3) is 5.56 Å². The molecule has 7 heteroatoms. The first kappa shape index (κ1) is 21.9. The monoisotopic (exact) mass is 440 g/mol. The van der Waals surface area contributed by atoms with Crippen molar-refractivity contribution in [1.29, 1.82) is 5.26 Å². The third-order valence-electron chi connectivity index (χ3n) is 5.64. The fourth-order valence-electron chi connectivity index (χ4n) is 3.92. The summed E-state index contributed by atoms with van der Waals surface area (Å²) in [6.07, 6.45) is 6.15. The molecule has 166 valence electrons. The molecular formula is C26H24N4O3. The molecule has 2 aromatic heterocycles. The van der Waals surface area contributed by atoms with Gasteiger partial charge in [-0.3, -0.25) is 4.79 Å². The summed E-state index contributed by atoms with van der Waals surface area (Å²) in [4.78, 5) is 12.6. The molecule has 4 rings (SSSR count). The van der Waals surface area contributed by atoms with E-state index in [0.29, 0.717) is 22.7 Å². The topological polar surface area (TPSA) is 82.1 Å². The number of pyridine rings is 1. The summed E-state index contributed by atoms with van der Waals surface area (Å²) in [5.74, 6) is 1.30. The van der Waals surface area contributed by atoms with E-state index in [1.807, 2.05) is 43.5 Å². The summed E-state index contributed by atoms with van der Waals surface area (Å²) >= 11 is 0. The summed E-state index contributed by atoms with van der Waals surface area (Å²) in [5.41, 5.74) is 5.36. The average molecular weight is 441 g/mol. The van der Waals surface area contributed by atoms with Gasteiger partial charge in [-0.2, -0.15) is 10.4 Å². The molecule has 2 aromatic carbocycles. The van der Waals surface area contributed by atoms with Crippen LogP contribution in [0.4, 0.5) is 0 Å². The van der Waals surface area contributed by atoms with Crippen LogP contribution in [0.25, 0.3) is 27.9 Å². The van der Waals surface area contributed by atoms with Gasteiger partial charge in [-0.15, -0.1) is 0 Å². The van der Waals surface area contributed by atoms with Crippen molar-refractivity contribution in [2.45, 2.75) is 13.3 Å². The van der Waals surface area contributed by atoms with Crippen molar-refractivity contribution >= 4 is 0 Å². The third kappa shape index (κ3) is 3.99. The van der Waals surface area contributed by atoms with Crippen LogP contribution >= 0.6 is 0 Å². The van der Waals surface area contributed by atoms with Gasteiger partial charge in [0.05, 0.1) is 31.7 Å². The molecule has 0 aliphatic carbocycles. The van der Waals surface area contributed by atoms with Crippen LogP contribution in [0.15, 0.2) is 65.8 Å². The Labute approximate surface area is 192 Å². The first-order valence-electron chi connectivity index (χ1n) is 10.5. The van der Waals surface area contributed by atoms with Crippen molar-refractivity contribution in [2.75, 3.05) is 14.2 Å². The zero-order valence-electron chi connectivity index (χ0n) is 19.0. The zero-order chi connectivity index (χ0) is 23.5. The van der Waals surface area contributed by atoms with E-state index in [1.54, 1.807) is 55.0 Å². The molecule has 0 atom stereocenters. The highest BCUT2D eigenvalue weighted by atomic mass is 16.5. The Kier molecular flexibility index (Phi) is 6.01. The molecule has 0 aliphatic rings. The number of ether oxygens (including phenoxy) is 2. The number of aryl methyl sites for hydroxylation is 2. The van der Waals surface area contributed by atoms with Crippen LogP contribution < -0.4 is 15.0 Å². The van der Waals surface area contributed by atoms with Crippen LogP contribution in [0.2, 0.25) is 0 Å². The summed E-state index contributed by atoms with van der Waals surface area (Å²) in [6.45, 7) is 2.04. The number of benzene rings is 2. The van der Waals surface area contributed by atoms with Crippen molar-refractivity contribution in [2.24, 2.45) is 7.05 Å². The van der Waals surface area contributed by atoms with Crippen LogP contribution in [-0.2, 0) is 13.5 Å². The highest BCUT2D eigenvalue weighted by Crippen LogP contribution is 2.39. The second-order valence-corrected chi connectivity index (χ2v) is 7.58. The van der Waals surface area contributed by atoms with Gasteiger partial charge in [0.2, 0.25) is 0 Å². The Bertz CT molecular complexity index is 1400. The number of rotatable bonds is 6. The molecule has 0 saturated heterocycles. The third-order valence-corrected chi connectivity index (χ3v) is 5.64. The highest BCUT2D eigenvalue weighted by Gasteiger charge is 2.17. The lowest BCUT2D eigenvalue weighted by molar-refractivity contribution is 0.352. The molecule has 0 N–H and O–H groups in total. The number of nitrogens with zero attached hydrogens (tertiary/aromatic N) is 4. The lowest BCUT2D eigenvalue weighted by Gasteiger charge is -2.16. The Morgan fingerprint density at radius 3 is 2.52 bits per heavy atom. The van der Waals surface area contributed by atoms with Gasteiger partial charge < -0.3 is 14.0 Å². The van der Waals surface area contributed by atoms with Crippen LogP contribution in [-0.4, -0.2) is 28.6 Å². The van der Waals surface area contributed by atoms with E-state index >= 15 is 0 Å². The predicted octanol–water partition coefficient (Wildman–Crippen LogP) is 4.36. The highest BCUT2D eigenvalue weighted by molar-refractivity contribution is 5.84. The van der Waals surface area contributed by atoms with Gasteiger partial charge in [0.1, 0.15) is 6.07 Å². The molecule has 0 radical (unpaired) electrons. The van der Waals surface area contributed by atoms with Crippen molar-refractivity contribution in [3.63, 3.8) is 0 Å². The van der Waals surface area contributed by atoms with E-state index in [-0.39, 0.29) is 5.56 Å². The Hall–Kier alpha value is -4.31. The minimum absolute atomic E-state index is 0.121. The molecule has 0 unspecified atom stereocenters. The van der Waals surface area contributed by atoms with E-state index in [9.17, 15) is 10.1 Å². The molecule has 4 aromatic rings. The van der Waals surface area contributed by atoms with Crippen molar-refractivity contribution in [3.05, 3.63) is 82.5 Å². The molecule has 2 heterocycles. The minimum Gasteiger partial charge on any atom is -0.493 e. The fraction of sp³-hybridized carbons (Fsp3) is 0.192. The quantitative estimate of drug-likeness (QED) is 0.445. The van der Waals surface area contributed by atoms with Crippen LogP contribution in [0.3, 0.4) is 0 Å². The molecule has 0 fully saturated rings. The summed E-state index contributed by atoms with van der Waals surface area (Å²) in [6, 6.07) is 15.0.